The molecule has 0 saturated carbocycles. The number of carbonyl (C=O) groups excluding carboxylic acids is 1. The van der Waals surface area contributed by atoms with Crippen molar-refractivity contribution in [3.8, 4) is 0 Å². The molecule has 1 aliphatic heterocycles. The van der Waals surface area contributed by atoms with E-state index in [1.54, 1.807) is 13.0 Å². The van der Waals surface area contributed by atoms with Crippen LogP contribution in [0.2, 0.25) is 0 Å². The molecule has 0 bridgehead atoms. The number of hydrogen-bond donors (Lipinski definition) is 1. The van der Waals surface area contributed by atoms with Gasteiger partial charge >= 0.3 is 0 Å². The van der Waals surface area contributed by atoms with Gasteiger partial charge in [0.2, 0.25) is 0 Å². The molecular weight excluding hydrogens is 150 g/mol. The number of nitrogens with one attached hydrogen (secondary N) is 1. The van der Waals surface area contributed by atoms with Crippen LogP contribution < -0.4 is 5.32 Å². The second kappa shape index (κ2) is 7.04. The lowest BCUT2D eigenvalue weighted by Gasteiger charge is -1.99. The van der Waals surface area contributed by atoms with E-state index in [4.69, 9.17) is 0 Å². The van der Waals surface area contributed by atoms with Gasteiger partial charge < -0.3 is 5.32 Å². The molecule has 0 amide bonds. The number of hydrogen-bond acceptors (Lipinski definition) is 2. The van der Waals surface area contributed by atoms with Gasteiger partial charge in [-0.15, -0.1) is 0 Å². The van der Waals surface area contributed by atoms with Crippen LogP contribution in [0.4, 0.5) is 0 Å². The van der Waals surface area contributed by atoms with Crippen molar-refractivity contribution in [3.63, 3.8) is 0 Å². The van der Waals surface area contributed by atoms with Crippen molar-refractivity contribution in [3.05, 3.63) is 12.2 Å². The number of allylic oxidation sites excluding steroid dienone is 1. The summed E-state index contributed by atoms with van der Waals surface area (Å²) in [5.41, 5.74) is 0. The number of ketones is 1. The Balaban J connectivity index is 0.000000561. The van der Waals surface area contributed by atoms with Crippen LogP contribution in [0.5, 0.6) is 0 Å². The molecule has 1 rings (SSSR count). The lowest BCUT2D eigenvalue weighted by molar-refractivity contribution is -0.112. The highest BCUT2D eigenvalue weighted by atomic mass is 16.1. The molecule has 0 aromatic rings. The first-order chi connectivity index (χ1) is 5.79. The second-order valence-corrected chi connectivity index (χ2v) is 2.67. The van der Waals surface area contributed by atoms with E-state index in [-0.39, 0.29) is 5.78 Å². The highest BCUT2D eigenvalue weighted by Crippen LogP contribution is 2.05. The summed E-state index contributed by atoms with van der Waals surface area (Å²) >= 11 is 0. The van der Waals surface area contributed by atoms with Gasteiger partial charge in [0, 0.05) is 6.04 Å². The zero-order valence-corrected chi connectivity index (χ0v) is 8.26. The van der Waals surface area contributed by atoms with E-state index >= 15 is 0 Å². The fourth-order valence-corrected chi connectivity index (χ4v) is 1.13. The van der Waals surface area contributed by atoms with Crippen molar-refractivity contribution in [2.45, 2.75) is 39.7 Å². The van der Waals surface area contributed by atoms with Gasteiger partial charge in [-0.05, 0) is 32.4 Å². The minimum absolute atomic E-state index is 0.133. The molecule has 1 heterocycles. The van der Waals surface area contributed by atoms with E-state index in [2.05, 4.69) is 5.32 Å². The lowest BCUT2D eigenvalue weighted by Crippen LogP contribution is -2.18. The van der Waals surface area contributed by atoms with Crippen molar-refractivity contribution in [2.24, 2.45) is 0 Å². The van der Waals surface area contributed by atoms with Gasteiger partial charge in [0.05, 0.1) is 0 Å². The molecule has 1 atom stereocenters. The van der Waals surface area contributed by atoms with Crippen LogP contribution in [-0.4, -0.2) is 18.4 Å². The molecule has 1 fully saturated rings. The second-order valence-electron chi connectivity index (χ2n) is 2.67. The predicted octanol–water partition coefficient (Wildman–Crippen LogP) is 1.91. The Labute approximate surface area is 75.0 Å². The van der Waals surface area contributed by atoms with Crippen molar-refractivity contribution >= 4 is 5.78 Å². The number of carbonyl (C=O) groups is 1. The molecule has 2 heteroatoms. The molecular formula is C10H19NO. The molecule has 0 radical (unpaired) electrons. The number of rotatable bonds is 2. The molecule has 1 unspecified atom stereocenters. The molecule has 0 spiro atoms. The topological polar surface area (TPSA) is 29.1 Å². The Morgan fingerprint density at radius 2 is 2.17 bits per heavy atom. The zero-order valence-electron chi connectivity index (χ0n) is 8.26. The molecule has 2 nitrogen and oxygen atoms in total. The van der Waals surface area contributed by atoms with Crippen molar-refractivity contribution in [1.29, 1.82) is 0 Å². The quantitative estimate of drug-likeness (QED) is 0.640. The van der Waals surface area contributed by atoms with Gasteiger partial charge in [0.25, 0.3) is 0 Å². The largest absolute Gasteiger partial charge is 0.311 e. The van der Waals surface area contributed by atoms with Crippen LogP contribution >= 0.6 is 0 Å². The Kier molecular flexibility index (Phi) is 6.67. The van der Waals surface area contributed by atoms with Crippen LogP contribution in [0.25, 0.3) is 0 Å². The monoisotopic (exact) mass is 169 g/mol. The summed E-state index contributed by atoms with van der Waals surface area (Å²) in [6, 6.07) is 0.448. The zero-order chi connectivity index (χ0) is 9.40. The first kappa shape index (κ1) is 11.4. The van der Waals surface area contributed by atoms with E-state index in [9.17, 15) is 4.79 Å². The standard InChI is InChI=1S/C8H13NO.C2H6/c1-7(10)4-5-8-3-2-6-9-8;1-2/h4-5,8-9H,2-3,6H2,1H3;1-2H3/b5-4+;. The fourth-order valence-electron chi connectivity index (χ4n) is 1.13. The van der Waals surface area contributed by atoms with E-state index < -0.39 is 0 Å². The molecule has 0 aliphatic carbocycles. The Hall–Kier alpha value is -0.630. The third-order valence-electron chi connectivity index (χ3n) is 1.66. The molecule has 70 valence electrons. The average Bonchev–Trinajstić information content (AvgIpc) is 2.56. The van der Waals surface area contributed by atoms with Crippen LogP contribution in [-0.2, 0) is 4.79 Å². The third kappa shape index (κ3) is 5.08. The highest BCUT2D eigenvalue weighted by molar-refractivity contribution is 5.87. The third-order valence-corrected chi connectivity index (χ3v) is 1.66. The highest BCUT2D eigenvalue weighted by Gasteiger charge is 2.09. The van der Waals surface area contributed by atoms with Crippen LogP contribution in [0, 0.1) is 0 Å². The summed E-state index contributed by atoms with van der Waals surface area (Å²) in [7, 11) is 0. The van der Waals surface area contributed by atoms with Gasteiger partial charge in [0.15, 0.2) is 5.78 Å². The average molecular weight is 169 g/mol. The van der Waals surface area contributed by atoms with Crippen LogP contribution in [0.15, 0.2) is 12.2 Å². The van der Waals surface area contributed by atoms with E-state index in [0.29, 0.717) is 6.04 Å². The van der Waals surface area contributed by atoms with Gasteiger partial charge in [-0.25, -0.2) is 0 Å². The molecule has 1 saturated heterocycles. The predicted molar refractivity (Wildman–Crippen MR) is 52.2 cm³/mol. The summed E-state index contributed by atoms with van der Waals surface area (Å²) in [5.74, 6) is 0.133. The normalized spacial score (nSPS) is 22.1. The Morgan fingerprint density at radius 1 is 1.50 bits per heavy atom. The van der Waals surface area contributed by atoms with Crippen molar-refractivity contribution in [2.75, 3.05) is 6.54 Å². The van der Waals surface area contributed by atoms with Gasteiger partial charge in [0.1, 0.15) is 0 Å². The van der Waals surface area contributed by atoms with E-state index in [0.717, 1.165) is 6.54 Å². The van der Waals surface area contributed by atoms with Gasteiger partial charge in [-0.2, -0.15) is 0 Å². The summed E-state index contributed by atoms with van der Waals surface area (Å²) in [6.07, 6.45) is 6.00. The molecule has 1 aliphatic rings. The lowest BCUT2D eigenvalue weighted by atomic mass is 10.2. The first-order valence-corrected chi connectivity index (χ1v) is 4.71. The summed E-state index contributed by atoms with van der Waals surface area (Å²) < 4.78 is 0. The molecule has 0 aromatic heterocycles. The SMILES string of the molecule is CC.CC(=O)/C=C/C1CCCN1. The maximum Gasteiger partial charge on any atom is 0.152 e. The van der Waals surface area contributed by atoms with Crippen molar-refractivity contribution in [1.82, 2.24) is 5.32 Å². The molecule has 0 aromatic carbocycles. The van der Waals surface area contributed by atoms with E-state index in [1.807, 2.05) is 19.9 Å². The van der Waals surface area contributed by atoms with Crippen LogP contribution in [0.3, 0.4) is 0 Å². The maximum atomic E-state index is 10.5. The fraction of sp³-hybridized carbons (Fsp3) is 0.700. The van der Waals surface area contributed by atoms with Gasteiger partial charge in [-0.1, -0.05) is 19.9 Å². The Bertz CT molecular complexity index is 146. The van der Waals surface area contributed by atoms with Crippen LogP contribution in [0.1, 0.15) is 33.6 Å². The summed E-state index contributed by atoms with van der Waals surface area (Å²) in [5, 5.41) is 3.27. The maximum absolute atomic E-state index is 10.5. The minimum atomic E-state index is 0.133. The first-order valence-electron chi connectivity index (χ1n) is 4.71. The van der Waals surface area contributed by atoms with Gasteiger partial charge in [-0.3, -0.25) is 4.79 Å². The van der Waals surface area contributed by atoms with Crippen molar-refractivity contribution < 1.29 is 4.79 Å². The smallest absolute Gasteiger partial charge is 0.152 e. The summed E-state index contributed by atoms with van der Waals surface area (Å²) in [4.78, 5) is 10.5. The Morgan fingerprint density at radius 3 is 2.58 bits per heavy atom. The molecule has 1 N–H and O–H groups in total. The van der Waals surface area contributed by atoms with E-state index in [1.165, 1.54) is 12.8 Å². The molecule has 12 heavy (non-hydrogen) atoms. The minimum Gasteiger partial charge on any atom is -0.311 e. The summed E-state index contributed by atoms with van der Waals surface area (Å²) in [6.45, 7) is 6.67.